The lowest BCUT2D eigenvalue weighted by molar-refractivity contribution is -0.119. The zero-order chi connectivity index (χ0) is 13.2. The van der Waals surface area contributed by atoms with Crippen molar-refractivity contribution in [2.45, 2.75) is 33.7 Å². The van der Waals surface area contributed by atoms with E-state index in [-0.39, 0.29) is 11.3 Å². The number of carbonyl (C=O) groups is 1. The first-order chi connectivity index (χ1) is 7.71. The number of halogens is 1. The predicted molar refractivity (Wildman–Crippen MR) is 74.9 cm³/mol. The van der Waals surface area contributed by atoms with Crippen LogP contribution in [0.25, 0.3) is 0 Å². The topological polar surface area (TPSA) is 55.1 Å². The quantitative estimate of drug-likeness (QED) is 0.881. The van der Waals surface area contributed by atoms with Gasteiger partial charge in [-0.3, -0.25) is 4.79 Å². The molecule has 17 heavy (non-hydrogen) atoms. The van der Waals surface area contributed by atoms with E-state index in [1.165, 1.54) is 0 Å². The molecule has 0 saturated carbocycles. The molecule has 0 aliphatic heterocycles. The van der Waals surface area contributed by atoms with Gasteiger partial charge in [-0.05, 0) is 46.0 Å². The van der Waals surface area contributed by atoms with Gasteiger partial charge in [-0.15, -0.1) is 0 Å². The number of hydrogen-bond acceptors (Lipinski definition) is 2. The van der Waals surface area contributed by atoms with Crippen LogP contribution in [0.3, 0.4) is 0 Å². The first-order valence-electron chi connectivity index (χ1n) is 5.54. The van der Waals surface area contributed by atoms with Gasteiger partial charge in [-0.1, -0.05) is 26.8 Å². The molecule has 0 fully saturated rings. The number of benzene rings is 1. The summed E-state index contributed by atoms with van der Waals surface area (Å²) >= 11 is 3.42. The number of nitrogens with one attached hydrogen (secondary N) is 1. The van der Waals surface area contributed by atoms with Crippen LogP contribution in [0.5, 0.6) is 0 Å². The van der Waals surface area contributed by atoms with Gasteiger partial charge in [0.05, 0.1) is 11.7 Å². The Bertz CT molecular complexity index is 424. The zero-order valence-electron chi connectivity index (χ0n) is 10.7. The first kappa shape index (κ1) is 14.2. The van der Waals surface area contributed by atoms with Crippen LogP contribution in [0.1, 0.15) is 26.3 Å². The van der Waals surface area contributed by atoms with Crippen LogP contribution in [0.15, 0.2) is 22.7 Å². The molecule has 1 amide bonds. The van der Waals surface area contributed by atoms with Gasteiger partial charge in [-0.25, -0.2) is 0 Å². The minimum absolute atomic E-state index is 0.165. The minimum atomic E-state index is -0.532. The average Bonchev–Trinajstić information content (AvgIpc) is 2.19. The Morgan fingerprint density at radius 1 is 1.41 bits per heavy atom. The van der Waals surface area contributed by atoms with Crippen LogP contribution >= 0.6 is 15.9 Å². The Morgan fingerprint density at radius 3 is 2.47 bits per heavy atom. The number of amides is 1. The number of carbonyl (C=O) groups excluding carboxylic acids is 1. The maximum Gasteiger partial charge on any atom is 0.241 e. The standard InChI is InChI=1S/C13H19BrN2O/c1-8-5-6-10(9(14)7-8)16-12(17)11(15)13(2,3)4/h5-7,11H,15H2,1-4H3,(H,16,17). The van der Waals surface area contributed by atoms with Crippen molar-refractivity contribution in [1.29, 1.82) is 0 Å². The molecular formula is C13H19BrN2O. The zero-order valence-corrected chi connectivity index (χ0v) is 12.3. The van der Waals surface area contributed by atoms with Crippen molar-refractivity contribution in [3.63, 3.8) is 0 Å². The summed E-state index contributed by atoms with van der Waals surface area (Å²) in [5.41, 5.74) is 7.53. The molecule has 4 heteroatoms. The molecule has 0 bridgehead atoms. The molecule has 0 radical (unpaired) electrons. The number of hydrogen-bond donors (Lipinski definition) is 2. The Kier molecular flexibility index (Phi) is 4.33. The van der Waals surface area contributed by atoms with E-state index in [1.807, 2.05) is 45.9 Å². The fourth-order valence-corrected chi connectivity index (χ4v) is 1.92. The molecule has 3 nitrogen and oxygen atoms in total. The lowest BCUT2D eigenvalue weighted by Crippen LogP contribution is -2.45. The van der Waals surface area contributed by atoms with Crippen molar-refractivity contribution in [3.05, 3.63) is 28.2 Å². The van der Waals surface area contributed by atoms with Gasteiger partial charge in [-0.2, -0.15) is 0 Å². The smallest absolute Gasteiger partial charge is 0.241 e. The second-order valence-corrected chi connectivity index (χ2v) is 6.17. The molecule has 1 aromatic rings. The van der Waals surface area contributed by atoms with Crippen LogP contribution in [-0.4, -0.2) is 11.9 Å². The largest absolute Gasteiger partial charge is 0.324 e. The summed E-state index contributed by atoms with van der Waals surface area (Å²) in [7, 11) is 0. The monoisotopic (exact) mass is 298 g/mol. The molecule has 1 rings (SSSR count). The van der Waals surface area contributed by atoms with Gasteiger partial charge < -0.3 is 11.1 Å². The third-order valence-electron chi connectivity index (χ3n) is 2.60. The second kappa shape index (κ2) is 5.19. The molecule has 94 valence electrons. The summed E-state index contributed by atoms with van der Waals surface area (Å²) in [6.45, 7) is 7.83. The van der Waals surface area contributed by atoms with Crippen LogP contribution in [-0.2, 0) is 4.79 Å². The van der Waals surface area contributed by atoms with Crippen LogP contribution < -0.4 is 11.1 Å². The third-order valence-corrected chi connectivity index (χ3v) is 3.25. The maximum absolute atomic E-state index is 11.9. The highest BCUT2D eigenvalue weighted by Gasteiger charge is 2.27. The first-order valence-corrected chi connectivity index (χ1v) is 6.33. The molecule has 1 unspecified atom stereocenters. The molecule has 0 heterocycles. The summed E-state index contributed by atoms with van der Waals surface area (Å²) < 4.78 is 0.868. The average molecular weight is 299 g/mol. The van der Waals surface area contributed by atoms with Crippen LogP contribution in [0.4, 0.5) is 5.69 Å². The maximum atomic E-state index is 11.9. The molecular weight excluding hydrogens is 280 g/mol. The lowest BCUT2D eigenvalue weighted by Gasteiger charge is -2.26. The van der Waals surface area contributed by atoms with E-state index in [0.717, 1.165) is 15.7 Å². The SMILES string of the molecule is Cc1ccc(NC(=O)C(N)C(C)(C)C)c(Br)c1. The van der Waals surface area contributed by atoms with E-state index in [4.69, 9.17) is 5.73 Å². The van der Waals surface area contributed by atoms with Gasteiger partial charge in [0.15, 0.2) is 0 Å². The van der Waals surface area contributed by atoms with Gasteiger partial charge in [0, 0.05) is 4.47 Å². The van der Waals surface area contributed by atoms with Crippen molar-refractivity contribution < 1.29 is 4.79 Å². The third kappa shape index (κ3) is 3.82. The Labute approximate surface area is 111 Å². The fourth-order valence-electron chi connectivity index (χ4n) is 1.33. The van der Waals surface area contributed by atoms with E-state index >= 15 is 0 Å². The molecule has 0 aliphatic carbocycles. The Morgan fingerprint density at radius 2 is 2.00 bits per heavy atom. The number of aryl methyl sites for hydroxylation is 1. The van der Waals surface area contributed by atoms with Crippen molar-refractivity contribution in [2.75, 3.05) is 5.32 Å². The van der Waals surface area contributed by atoms with E-state index in [1.54, 1.807) is 0 Å². The van der Waals surface area contributed by atoms with Crippen molar-refractivity contribution in [2.24, 2.45) is 11.1 Å². The van der Waals surface area contributed by atoms with Gasteiger partial charge >= 0.3 is 0 Å². The number of anilines is 1. The van der Waals surface area contributed by atoms with Gasteiger partial charge in [0.25, 0.3) is 0 Å². The highest BCUT2D eigenvalue weighted by atomic mass is 79.9. The molecule has 0 aliphatic rings. The van der Waals surface area contributed by atoms with Crippen molar-refractivity contribution in [1.82, 2.24) is 0 Å². The van der Waals surface area contributed by atoms with E-state index in [0.29, 0.717) is 0 Å². The Balaban J connectivity index is 2.82. The lowest BCUT2D eigenvalue weighted by atomic mass is 9.87. The highest BCUT2D eigenvalue weighted by molar-refractivity contribution is 9.10. The van der Waals surface area contributed by atoms with E-state index in [2.05, 4.69) is 21.2 Å². The number of nitrogens with two attached hydrogens (primary N) is 1. The summed E-state index contributed by atoms with van der Waals surface area (Å²) in [6.07, 6.45) is 0. The molecule has 0 saturated heterocycles. The molecule has 1 aromatic carbocycles. The molecule has 1 atom stereocenters. The van der Waals surface area contributed by atoms with Crippen LogP contribution in [0, 0.1) is 12.3 Å². The highest BCUT2D eigenvalue weighted by Crippen LogP contribution is 2.25. The summed E-state index contributed by atoms with van der Waals surface area (Å²) in [6, 6.07) is 5.24. The van der Waals surface area contributed by atoms with Gasteiger partial charge in [0.1, 0.15) is 0 Å². The Hall–Kier alpha value is -0.870. The summed E-state index contributed by atoms with van der Waals surface area (Å²) in [4.78, 5) is 11.9. The minimum Gasteiger partial charge on any atom is -0.324 e. The van der Waals surface area contributed by atoms with Gasteiger partial charge in [0.2, 0.25) is 5.91 Å². The summed E-state index contributed by atoms with van der Waals surface area (Å²) in [5, 5.41) is 2.83. The molecule has 0 spiro atoms. The normalized spacial score (nSPS) is 13.3. The fraction of sp³-hybridized carbons (Fsp3) is 0.462. The second-order valence-electron chi connectivity index (χ2n) is 5.32. The van der Waals surface area contributed by atoms with Crippen molar-refractivity contribution in [3.8, 4) is 0 Å². The summed E-state index contributed by atoms with van der Waals surface area (Å²) in [5.74, 6) is -0.165. The van der Waals surface area contributed by atoms with E-state index < -0.39 is 6.04 Å². The predicted octanol–water partition coefficient (Wildman–Crippen LogP) is 3.07. The van der Waals surface area contributed by atoms with Crippen LogP contribution in [0.2, 0.25) is 0 Å². The molecule has 3 N–H and O–H groups in total. The van der Waals surface area contributed by atoms with E-state index in [9.17, 15) is 4.79 Å². The van der Waals surface area contributed by atoms with Crippen molar-refractivity contribution >= 4 is 27.5 Å². The number of rotatable bonds is 2. The molecule has 0 aromatic heterocycles.